The molecule has 0 heterocycles. The summed E-state index contributed by atoms with van der Waals surface area (Å²) in [5, 5.41) is 3.39. The molecule has 0 aliphatic carbocycles. The largest absolute Gasteiger partial charge is 0.352 e. The number of carbonyl (C=O) groups is 1. The summed E-state index contributed by atoms with van der Waals surface area (Å²) < 4.78 is 22.9. The Morgan fingerprint density at radius 2 is 1.95 bits per heavy atom. The van der Waals surface area contributed by atoms with E-state index in [4.69, 9.17) is 11.6 Å². The van der Waals surface area contributed by atoms with Gasteiger partial charge in [-0.15, -0.1) is 11.8 Å². The summed E-state index contributed by atoms with van der Waals surface area (Å²) in [5.74, 6) is 0.953. The van der Waals surface area contributed by atoms with Gasteiger partial charge in [-0.3, -0.25) is 4.79 Å². The first kappa shape index (κ1) is 18.3. The van der Waals surface area contributed by atoms with Crippen molar-refractivity contribution in [1.29, 1.82) is 0 Å². The lowest BCUT2D eigenvalue weighted by Crippen LogP contribution is -2.38. The molecule has 0 fully saturated rings. The highest BCUT2D eigenvalue weighted by molar-refractivity contribution is 7.99. The molecule has 0 bridgehead atoms. The van der Waals surface area contributed by atoms with E-state index in [9.17, 15) is 13.2 Å². The van der Waals surface area contributed by atoms with E-state index < -0.39 is 9.84 Å². The fraction of sp³-hybridized carbons (Fsp3) is 0.500. The average Bonchev–Trinajstić information content (AvgIpc) is 2.40. The van der Waals surface area contributed by atoms with Gasteiger partial charge < -0.3 is 5.32 Å². The Kier molecular flexibility index (Phi) is 7.56. The number of amides is 1. The molecule has 0 unspecified atom stereocenters. The second-order valence-electron chi connectivity index (χ2n) is 4.79. The van der Waals surface area contributed by atoms with Crippen molar-refractivity contribution in [3.8, 4) is 0 Å². The molecule has 0 saturated carbocycles. The van der Waals surface area contributed by atoms with Crippen molar-refractivity contribution >= 4 is 39.1 Å². The maximum Gasteiger partial charge on any atom is 0.230 e. The van der Waals surface area contributed by atoms with Gasteiger partial charge in [0.2, 0.25) is 5.91 Å². The zero-order valence-electron chi connectivity index (χ0n) is 12.1. The fourth-order valence-electron chi connectivity index (χ4n) is 1.70. The van der Waals surface area contributed by atoms with E-state index in [1.54, 1.807) is 13.8 Å². The summed E-state index contributed by atoms with van der Waals surface area (Å²) in [6.45, 7) is 3.31. The Morgan fingerprint density at radius 1 is 1.33 bits per heavy atom. The first-order valence-electron chi connectivity index (χ1n) is 6.64. The molecule has 0 aromatic heterocycles. The van der Waals surface area contributed by atoms with Gasteiger partial charge in [-0.05, 0) is 24.6 Å². The van der Waals surface area contributed by atoms with Gasteiger partial charge in [0, 0.05) is 22.6 Å². The molecule has 1 atom stereocenters. The molecule has 0 radical (unpaired) electrons. The standard InChI is InChI=1S/C14H20ClNO3S2/c1-3-21(18,19)10-11(2)16-14(17)9-20-8-12-4-6-13(15)7-5-12/h4-7,11H,3,8-10H2,1-2H3,(H,16,17)/t11-/m1/s1. The molecular formula is C14H20ClNO3S2. The monoisotopic (exact) mass is 349 g/mol. The number of hydrogen-bond acceptors (Lipinski definition) is 4. The number of carbonyl (C=O) groups excluding carboxylic acids is 1. The molecule has 0 aliphatic rings. The van der Waals surface area contributed by atoms with E-state index in [-0.39, 0.29) is 23.5 Å². The second-order valence-corrected chi connectivity index (χ2v) is 8.61. The van der Waals surface area contributed by atoms with Crippen molar-refractivity contribution < 1.29 is 13.2 Å². The zero-order valence-corrected chi connectivity index (χ0v) is 14.5. The summed E-state index contributed by atoms with van der Waals surface area (Å²) in [6, 6.07) is 7.11. The van der Waals surface area contributed by atoms with Crippen LogP contribution in [0.15, 0.2) is 24.3 Å². The number of rotatable bonds is 8. The van der Waals surface area contributed by atoms with E-state index in [1.807, 2.05) is 24.3 Å². The highest BCUT2D eigenvalue weighted by Crippen LogP contribution is 2.15. The molecule has 1 amide bonds. The SMILES string of the molecule is CCS(=O)(=O)C[C@@H](C)NC(=O)CSCc1ccc(Cl)cc1. The Labute approximate surface area is 135 Å². The molecule has 1 N–H and O–H groups in total. The molecule has 4 nitrogen and oxygen atoms in total. The van der Waals surface area contributed by atoms with Crippen LogP contribution >= 0.6 is 23.4 Å². The quantitative estimate of drug-likeness (QED) is 0.783. The molecule has 0 aliphatic heterocycles. The highest BCUT2D eigenvalue weighted by atomic mass is 35.5. The Morgan fingerprint density at radius 3 is 2.52 bits per heavy atom. The summed E-state index contributed by atoms with van der Waals surface area (Å²) in [6.07, 6.45) is 0. The van der Waals surface area contributed by atoms with Crippen molar-refractivity contribution in [2.45, 2.75) is 25.6 Å². The average molecular weight is 350 g/mol. The lowest BCUT2D eigenvalue weighted by Gasteiger charge is -2.13. The van der Waals surface area contributed by atoms with Crippen molar-refractivity contribution in [3.63, 3.8) is 0 Å². The van der Waals surface area contributed by atoms with Crippen LogP contribution in [0, 0.1) is 0 Å². The smallest absolute Gasteiger partial charge is 0.230 e. The number of benzene rings is 1. The predicted octanol–water partition coefficient (Wildman–Crippen LogP) is 2.51. The minimum atomic E-state index is -3.07. The number of thioether (sulfide) groups is 1. The maximum absolute atomic E-state index is 11.7. The van der Waals surface area contributed by atoms with Gasteiger partial charge in [-0.2, -0.15) is 0 Å². The highest BCUT2D eigenvalue weighted by Gasteiger charge is 2.15. The topological polar surface area (TPSA) is 63.2 Å². The summed E-state index contributed by atoms with van der Waals surface area (Å²) in [4.78, 5) is 11.7. The number of hydrogen-bond donors (Lipinski definition) is 1. The third-order valence-corrected chi connectivity index (χ3v) is 5.91. The van der Waals surface area contributed by atoms with Crippen LogP contribution in [0.1, 0.15) is 19.4 Å². The van der Waals surface area contributed by atoms with Crippen LogP contribution in [0.25, 0.3) is 0 Å². The number of halogens is 1. The van der Waals surface area contributed by atoms with Crippen molar-refractivity contribution in [2.75, 3.05) is 17.3 Å². The first-order chi connectivity index (χ1) is 9.82. The Hall–Kier alpha value is -0.720. The Bertz CT molecular complexity index is 558. The van der Waals surface area contributed by atoms with Crippen LogP contribution in [-0.4, -0.2) is 37.6 Å². The molecule has 7 heteroatoms. The molecule has 1 aromatic rings. The van der Waals surface area contributed by atoms with E-state index >= 15 is 0 Å². The van der Waals surface area contributed by atoms with Crippen molar-refractivity contribution in [2.24, 2.45) is 0 Å². The van der Waals surface area contributed by atoms with Gasteiger partial charge in [0.1, 0.15) is 0 Å². The molecular weight excluding hydrogens is 330 g/mol. The predicted molar refractivity (Wildman–Crippen MR) is 89.5 cm³/mol. The minimum absolute atomic E-state index is 0.0168. The van der Waals surface area contributed by atoms with E-state index in [0.29, 0.717) is 16.5 Å². The molecule has 21 heavy (non-hydrogen) atoms. The summed E-state index contributed by atoms with van der Waals surface area (Å²) >= 11 is 7.28. The lowest BCUT2D eigenvalue weighted by atomic mass is 10.2. The first-order valence-corrected chi connectivity index (χ1v) is 10.00. The van der Waals surface area contributed by atoms with E-state index in [0.717, 1.165) is 5.56 Å². The van der Waals surface area contributed by atoms with Crippen LogP contribution in [0.3, 0.4) is 0 Å². The molecule has 1 rings (SSSR count). The van der Waals surface area contributed by atoms with E-state index in [1.165, 1.54) is 11.8 Å². The fourth-order valence-corrected chi connectivity index (χ4v) is 3.70. The minimum Gasteiger partial charge on any atom is -0.352 e. The maximum atomic E-state index is 11.7. The second kappa shape index (κ2) is 8.66. The molecule has 118 valence electrons. The van der Waals surface area contributed by atoms with Crippen LogP contribution in [0.5, 0.6) is 0 Å². The Balaban J connectivity index is 2.29. The summed E-state index contributed by atoms with van der Waals surface area (Å²) in [7, 11) is -3.07. The van der Waals surface area contributed by atoms with Crippen molar-refractivity contribution in [1.82, 2.24) is 5.32 Å². The zero-order chi connectivity index (χ0) is 15.9. The van der Waals surface area contributed by atoms with Gasteiger partial charge >= 0.3 is 0 Å². The van der Waals surface area contributed by atoms with Crippen LogP contribution in [0.4, 0.5) is 0 Å². The third kappa shape index (κ3) is 7.74. The molecule has 0 saturated heterocycles. The third-order valence-electron chi connectivity index (χ3n) is 2.77. The summed E-state index contributed by atoms with van der Waals surface area (Å²) in [5.41, 5.74) is 1.10. The van der Waals surface area contributed by atoms with E-state index in [2.05, 4.69) is 5.32 Å². The number of sulfone groups is 1. The van der Waals surface area contributed by atoms with Crippen LogP contribution in [0.2, 0.25) is 5.02 Å². The lowest BCUT2D eigenvalue weighted by molar-refractivity contribution is -0.119. The van der Waals surface area contributed by atoms with Crippen LogP contribution in [-0.2, 0) is 20.4 Å². The van der Waals surface area contributed by atoms with Crippen molar-refractivity contribution in [3.05, 3.63) is 34.9 Å². The van der Waals surface area contributed by atoms with Gasteiger partial charge in [0.05, 0.1) is 11.5 Å². The molecule has 0 spiro atoms. The van der Waals surface area contributed by atoms with Gasteiger partial charge in [-0.25, -0.2) is 8.42 Å². The normalized spacial score (nSPS) is 12.9. The number of nitrogens with one attached hydrogen (secondary N) is 1. The molecule has 1 aromatic carbocycles. The van der Waals surface area contributed by atoms with Gasteiger partial charge in [0.25, 0.3) is 0 Å². The van der Waals surface area contributed by atoms with Gasteiger partial charge in [-0.1, -0.05) is 30.7 Å². The van der Waals surface area contributed by atoms with Gasteiger partial charge in [0.15, 0.2) is 9.84 Å². The van der Waals surface area contributed by atoms with Crippen LogP contribution < -0.4 is 5.32 Å².